The molecule has 0 radical (unpaired) electrons. The van der Waals surface area contributed by atoms with Gasteiger partial charge in [0.2, 0.25) is 0 Å². The van der Waals surface area contributed by atoms with Crippen molar-refractivity contribution in [3.63, 3.8) is 0 Å². The predicted molar refractivity (Wildman–Crippen MR) is 84.2 cm³/mol. The third-order valence-electron chi connectivity index (χ3n) is 2.64. The van der Waals surface area contributed by atoms with Crippen LogP contribution in [0.1, 0.15) is 0 Å². The molecule has 21 heavy (non-hydrogen) atoms. The molecule has 0 saturated carbocycles. The second-order valence-corrected chi connectivity index (χ2v) is 7.67. The van der Waals surface area contributed by atoms with Gasteiger partial charge >= 0.3 is 0 Å². The van der Waals surface area contributed by atoms with E-state index >= 15 is 0 Å². The van der Waals surface area contributed by atoms with E-state index in [2.05, 4.69) is 30.7 Å². The first-order chi connectivity index (χ1) is 10.1. The molecule has 0 bridgehead atoms. The van der Waals surface area contributed by atoms with Crippen molar-refractivity contribution < 1.29 is 8.42 Å². The fraction of sp³-hybridized carbons (Fsp3) is 0. The van der Waals surface area contributed by atoms with Gasteiger partial charge in [0.05, 0.1) is 11.4 Å². The predicted octanol–water partition coefficient (Wildman–Crippen LogP) is 2.89. The van der Waals surface area contributed by atoms with Gasteiger partial charge in [-0.15, -0.1) is 11.3 Å². The highest BCUT2D eigenvalue weighted by Crippen LogP contribution is 2.30. The van der Waals surface area contributed by atoms with E-state index in [1.165, 1.54) is 17.3 Å². The second kappa shape index (κ2) is 5.58. The van der Waals surface area contributed by atoms with Crippen molar-refractivity contribution in [2.24, 2.45) is 0 Å². The Balaban J connectivity index is 2.02. The molecule has 0 saturated heterocycles. The van der Waals surface area contributed by atoms with Crippen molar-refractivity contribution in [2.45, 2.75) is 4.21 Å². The molecule has 1 N–H and O–H groups in total. The zero-order chi connectivity index (χ0) is 14.9. The molecule has 3 aromatic rings. The van der Waals surface area contributed by atoms with Crippen LogP contribution >= 0.6 is 27.3 Å². The van der Waals surface area contributed by atoms with Crippen molar-refractivity contribution in [3.05, 3.63) is 52.8 Å². The average molecular weight is 385 g/mol. The summed E-state index contributed by atoms with van der Waals surface area (Å²) >= 11 is 4.38. The third-order valence-corrected chi connectivity index (χ3v) is 6.68. The number of nitrogens with one attached hydrogen (secondary N) is 1. The first kappa shape index (κ1) is 14.2. The maximum Gasteiger partial charge on any atom is 0.272 e. The highest BCUT2D eigenvalue weighted by Gasteiger charge is 2.20. The number of nitrogens with zero attached hydrogens (tertiary/aromatic N) is 3. The lowest BCUT2D eigenvalue weighted by Crippen LogP contribution is -2.14. The van der Waals surface area contributed by atoms with E-state index in [0.717, 1.165) is 11.3 Å². The summed E-state index contributed by atoms with van der Waals surface area (Å²) in [4.78, 5) is 3.87. The topological polar surface area (TPSA) is 76.9 Å². The minimum atomic E-state index is -3.65. The highest BCUT2D eigenvalue weighted by atomic mass is 79.9. The quantitative estimate of drug-likeness (QED) is 0.749. The van der Waals surface area contributed by atoms with Crippen LogP contribution in [-0.4, -0.2) is 23.2 Å². The summed E-state index contributed by atoms with van der Waals surface area (Å²) in [6.45, 7) is 0. The van der Waals surface area contributed by atoms with Gasteiger partial charge in [0.25, 0.3) is 10.0 Å². The molecule has 0 atom stereocenters. The molecule has 1 aromatic carbocycles. The lowest BCUT2D eigenvalue weighted by atomic mass is 10.3. The molecule has 0 amide bonds. The van der Waals surface area contributed by atoms with Gasteiger partial charge in [-0.3, -0.25) is 4.72 Å². The lowest BCUT2D eigenvalue weighted by molar-refractivity contribution is 0.602. The number of anilines is 1. The highest BCUT2D eigenvalue weighted by molar-refractivity contribution is 9.10. The smallest absolute Gasteiger partial charge is 0.272 e. The summed E-state index contributed by atoms with van der Waals surface area (Å²) in [6.07, 6.45) is 2.90. The molecule has 9 heteroatoms. The summed E-state index contributed by atoms with van der Waals surface area (Å²) in [5.41, 5.74) is 1.04. The molecule has 0 fully saturated rings. The number of halogens is 1. The number of rotatable bonds is 4. The van der Waals surface area contributed by atoms with Gasteiger partial charge in [0, 0.05) is 4.47 Å². The van der Waals surface area contributed by atoms with Crippen LogP contribution in [0.15, 0.2) is 57.0 Å². The van der Waals surface area contributed by atoms with Crippen LogP contribution in [0.3, 0.4) is 0 Å². The fourth-order valence-electron chi connectivity index (χ4n) is 1.76. The van der Waals surface area contributed by atoms with Gasteiger partial charge in [-0.05, 0) is 39.5 Å². The van der Waals surface area contributed by atoms with E-state index < -0.39 is 10.0 Å². The first-order valence-corrected chi connectivity index (χ1v) is 8.93. The Kier molecular flexibility index (Phi) is 3.79. The van der Waals surface area contributed by atoms with Crippen LogP contribution in [0.4, 0.5) is 5.69 Å². The number of sulfonamides is 1. The van der Waals surface area contributed by atoms with Gasteiger partial charge in [-0.2, -0.15) is 5.10 Å². The SMILES string of the molecule is O=S(=O)(Nc1ccccc1-n1cncn1)c1sccc1Br. The molecule has 3 rings (SSSR count). The first-order valence-electron chi connectivity index (χ1n) is 5.78. The minimum Gasteiger partial charge on any atom is -0.277 e. The van der Waals surface area contributed by atoms with E-state index in [9.17, 15) is 8.42 Å². The fourth-order valence-corrected chi connectivity index (χ4v) is 5.17. The standard InChI is InChI=1S/C12H9BrN4O2S2/c13-9-5-6-20-12(9)21(18,19)16-10-3-1-2-4-11(10)17-8-14-7-15-17/h1-8,16H. The van der Waals surface area contributed by atoms with Crippen LogP contribution in [0.2, 0.25) is 0 Å². The van der Waals surface area contributed by atoms with Crippen LogP contribution in [0.25, 0.3) is 5.69 Å². The lowest BCUT2D eigenvalue weighted by Gasteiger charge is -2.11. The normalized spacial score (nSPS) is 11.5. The van der Waals surface area contributed by atoms with E-state index in [1.54, 1.807) is 35.7 Å². The zero-order valence-electron chi connectivity index (χ0n) is 10.5. The monoisotopic (exact) mass is 384 g/mol. The van der Waals surface area contributed by atoms with Crippen molar-refractivity contribution in [1.29, 1.82) is 0 Å². The molecular weight excluding hydrogens is 376 g/mol. The zero-order valence-corrected chi connectivity index (χ0v) is 13.7. The summed E-state index contributed by atoms with van der Waals surface area (Å²) < 4.78 is 29.7. The molecule has 108 valence electrons. The van der Waals surface area contributed by atoms with Gasteiger partial charge in [-0.1, -0.05) is 12.1 Å². The second-order valence-electron chi connectivity index (χ2n) is 4.02. The maximum atomic E-state index is 12.4. The maximum absolute atomic E-state index is 12.4. The summed E-state index contributed by atoms with van der Waals surface area (Å²) in [5.74, 6) is 0. The molecular formula is C12H9BrN4O2S2. The van der Waals surface area contributed by atoms with E-state index in [4.69, 9.17) is 0 Å². The molecule has 2 aromatic heterocycles. The molecule has 6 nitrogen and oxygen atoms in total. The molecule has 0 unspecified atom stereocenters. The van der Waals surface area contributed by atoms with E-state index in [-0.39, 0.29) is 4.21 Å². The number of benzene rings is 1. The number of para-hydroxylation sites is 2. The van der Waals surface area contributed by atoms with Crippen LogP contribution < -0.4 is 4.72 Å². The van der Waals surface area contributed by atoms with Crippen molar-refractivity contribution in [2.75, 3.05) is 4.72 Å². The molecule has 2 heterocycles. The Morgan fingerprint density at radius 1 is 1.24 bits per heavy atom. The third kappa shape index (κ3) is 2.85. The van der Waals surface area contributed by atoms with Gasteiger partial charge in [0.15, 0.2) is 4.21 Å². The Bertz CT molecular complexity index is 859. The summed E-state index contributed by atoms with van der Waals surface area (Å²) in [7, 11) is -3.65. The van der Waals surface area contributed by atoms with Crippen LogP contribution in [0, 0.1) is 0 Å². The summed E-state index contributed by atoms with van der Waals surface area (Å²) in [6, 6.07) is 8.69. The number of thiophene rings is 1. The Labute approximate surface area is 133 Å². The van der Waals surface area contributed by atoms with Gasteiger partial charge in [-0.25, -0.2) is 18.1 Å². The average Bonchev–Trinajstić information content (AvgIpc) is 3.10. The Morgan fingerprint density at radius 3 is 2.71 bits per heavy atom. The van der Waals surface area contributed by atoms with Crippen molar-refractivity contribution >= 4 is 43.0 Å². The number of aromatic nitrogens is 3. The Morgan fingerprint density at radius 2 is 2.05 bits per heavy atom. The molecule has 0 aliphatic heterocycles. The van der Waals surface area contributed by atoms with Crippen LogP contribution in [-0.2, 0) is 10.0 Å². The number of hydrogen-bond acceptors (Lipinski definition) is 5. The van der Waals surface area contributed by atoms with Crippen LogP contribution in [0.5, 0.6) is 0 Å². The van der Waals surface area contributed by atoms with Crippen molar-refractivity contribution in [1.82, 2.24) is 14.8 Å². The summed E-state index contributed by atoms with van der Waals surface area (Å²) in [5, 5.41) is 5.73. The Hall–Kier alpha value is -1.71. The van der Waals surface area contributed by atoms with Gasteiger partial charge in [0.1, 0.15) is 12.7 Å². The minimum absolute atomic E-state index is 0.232. The largest absolute Gasteiger partial charge is 0.277 e. The van der Waals surface area contributed by atoms with Gasteiger partial charge < -0.3 is 0 Å². The number of hydrogen-bond donors (Lipinski definition) is 1. The molecule has 0 aliphatic rings. The molecule has 0 spiro atoms. The van der Waals surface area contributed by atoms with E-state index in [1.807, 2.05) is 0 Å². The molecule has 0 aliphatic carbocycles. The van der Waals surface area contributed by atoms with Crippen molar-refractivity contribution in [3.8, 4) is 5.69 Å². The van der Waals surface area contributed by atoms with E-state index in [0.29, 0.717) is 15.8 Å².